The number of carbonyl (C=O) groups is 1. The van der Waals surface area contributed by atoms with Crippen LogP contribution in [0.15, 0.2) is 0 Å². The van der Waals surface area contributed by atoms with E-state index in [1.165, 1.54) is 30.6 Å². The largest absolute Gasteiger partial charge is 0.350 e. The Balaban J connectivity index is 1.81. The van der Waals surface area contributed by atoms with Crippen molar-refractivity contribution in [3.63, 3.8) is 0 Å². The third kappa shape index (κ3) is 3.79. The number of hydrogen-bond donors (Lipinski definition) is 1. The molecule has 20 heavy (non-hydrogen) atoms. The first-order valence-electron chi connectivity index (χ1n) is 7.60. The normalized spacial score (nSPS) is 20.1. The summed E-state index contributed by atoms with van der Waals surface area (Å²) in [5.41, 5.74) is 0.857. The molecule has 0 unspecified atom stereocenters. The summed E-state index contributed by atoms with van der Waals surface area (Å²) in [4.78, 5) is 19.8. The fourth-order valence-electron chi connectivity index (χ4n) is 2.70. The number of piperidine rings is 1. The number of aromatic nitrogens is 1. The summed E-state index contributed by atoms with van der Waals surface area (Å²) in [5, 5.41) is 4.07. The van der Waals surface area contributed by atoms with Crippen LogP contribution >= 0.6 is 11.3 Å². The summed E-state index contributed by atoms with van der Waals surface area (Å²) in [5.74, 6) is 0.0318. The zero-order chi connectivity index (χ0) is 14.5. The average molecular weight is 295 g/mol. The van der Waals surface area contributed by atoms with E-state index in [0.717, 1.165) is 41.6 Å². The van der Waals surface area contributed by atoms with Gasteiger partial charge in [-0.2, -0.15) is 0 Å². The van der Waals surface area contributed by atoms with Crippen molar-refractivity contribution >= 4 is 17.2 Å². The molecule has 1 aromatic heterocycles. The third-order valence-corrected chi connectivity index (χ3v) is 5.28. The van der Waals surface area contributed by atoms with Gasteiger partial charge in [-0.3, -0.25) is 9.69 Å². The molecule has 5 heteroatoms. The lowest BCUT2D eigenvalue weighted by Crippen LogP contribution is -2.42. The standard InChI is InChI=1S/C15H25N3OS/c1-4-13-17-12(3)14(20-13)15(19)16-8-10-18-9-6-5-7-11(18)2/h11H,4-10H2,1-3H3,(H,16,19)/t11-/m0/s1. The van der Waals surface area contributed by atoms with E-state index in [1.54, 1.807) is 0 Å². The van der Waals surface area contributed by atoms with Crippen molar-refractivity contribution in [2.45, 2.75) is 52.5 Å². The molecule has 1 N–H and O–H groups in total. The molecule has 1 atom stereocenters. The Labute approximate surface area is 125 Å². The van der Waals surface area contributed by atoms with Crippen molar-refractivity contribution in [3.05, 3.63) is 15.6 Å². The Morgan fingerprint density at radius 2 is 2.30 bits per heavy atom. The molecule has 0 aromatic carbocycles. The van der Waals surface area contributed by atoms with Gasteiger partial charge in [-0.15, -0.1) is 11.3 Å². The number of rotatable bonds is 5. The Morgan fingerprint density at radius 1 is 1.50 bits per heavy atom. The number of likely N-dealkylation sites (tertiary alicyclic amines) is 1. The van der Waals surface area contributed by atoms with Gasteiger partial charge >= 0.3 is 0 Å². The van der Waals surface area contributed by atoms with Crippen molar-refractivity contribution in [1.29, 1.82) is 0 Å². The number of amides is 1. The van der Waals surface area contributed by atoms with Crippen LogP contribution in [0.5, 0.6) is 0 Å². The van der Waals surface area contributed by atoms with Crippen LogP contribution in [-0.4, -0.2) is 41.5 Å². The molecular weight excluding hydrogens is 270 g/mol. The van der Waals surface area contributed by atoms with E-state index >= 15 is 0 Å². The maximum Gasteiger partial charge on any atom is 0.263 e. The topological polar surface area (TPSA) is 45.2 Å². The van der Waals surface area contributed by atoms with Crippen LogP contribution in [0.1, 0.15) is 53.5 Å². The number of nitrogens with one attached hydrogen (secondary N) is 1. The van der Waals surface area contributed by atoms with E-state index in [4.69, 9.17) is 0 Å². The highest BCUT2D eigenvalue weighted by molar-refractivity contribution is 7.13. The SMILES string of the molecule is CCc1nc(C)c(C(=O)NCCN2CCCC[C@@H]2C)s1. The minimum atomic E-state index is 0.0318. The first kappa shape index (κ1) is 15.4. The Bertz CT molecular complexity index is 458. The second-order valence-corrected chi connectivity index (χ2v) is 6.60. The molecule has 1 fully saturated rings. The van der Waals surface area contributed by atoms with Gasteiger partial charge < -0.3 is 5.32 Å². The monoisotopic (exact) mass is 295 g/mol. The molecule has 0 spiro atoms. The highest BCUT2D eigenvalue weighted by Crippen LogP contribution is 2.18. The van der Waals surface area contributed by atoms with Gasteiger partial charge in [0.25, 0.3) is 5.91 Å². The van der Waals surface area contributed by atoms with Gasteiger partial charge in [-0.25, -0.2) is 4.98 Å². The summed E-state index contributed by atoms with van der Waals surface area (Å²) >= 11 is 1.52. The molecule has 1 aliphatic heterocycles. The molecule has 0 aliphatic carbocycles. The Kier molecular flexibility index (Phi) is 5.54. The lowest BCUT2D eigenvalue weighted by Gasteiger charge is -2.33. The van der Waals surface area contributed by atoms with Gasteiger partial charge in [0.1, 0.15) is 4.88 Å². The predicted molar refractivity (Wildman–Crippen MR) is 83.4 cm³/mol. The van der Waals surface area contributed by atoms with Crippen LogP contribution in [0.25, 0.3) is 0 Å². The van der Waals surface area contributed by atoms with Gasteiger partial charge in [-0.1, -0.05) is 13.3 Å². The van der Waals surface area contributed by atoms with E-state index < -0.39 is 0 Å². The Morgan fingerprint density at radius 3 is 2.95 bits per heavy atom. The highest BCUT2D eigenvalue weighted by Gasteiger charge is 2.18. The van der Waals surface area contributed by atoms with E-state index in [-0.39, 0.29) is 5.91 Å². The van der Waals surface area contributed by atoms with Crippen LogP contribution in [0, 0.1) is 6.92 Å². The minimum Gasteiger partial charge on any atom is -0.350 e. The summed E-state index contributed by atoms with van der Waals surface area (Å²) < 4.78 is 0. The van der Waals surface area contributed by atoms with Crippen LogP contribution < -0.4 is 5.32 Å². The molecule has 4 nitrogen and oxygen atoms in total. The van der Waals surface area contributed by atoms with E-state index in [2.05, 4.69) is 29.0 Å². The summed E-state index contributed by atoms with van der Waals surface area (Å²) in [6.07, 6.45) is 4.79. The van der Waals surface area contributed by atoms with Crippen LogP contribution in [-0.2, 0) is 6.42 Å². The first-order chi connectivity index (χ1) is 9.61. The van der Waals surface area contributed by atoms with Gasteiger partial charge in [0.05, 0.1) is 10.7 Å². The number of thiazole rings is 1. The summed E-state index contributed by atoms with van der Waals surface area (Å²) in [6, 6.07) is 0.650. The van der Waals surface area contributed by atoms with Crippen LogP contribution in [0.4, 0.5) is 0 Å². The van der Waals surface area contributed by atoms with Crippen molar-refractivity contribution in [2.24, 2.45) is 0 Å². The molecule has 0 bridgehead atoms. The lowest BCUT2D eigenvalue weighted by atomic mass is 10.0. The van der Waals surface area contributed by atoms with E-state index in [0.29, 0.717) is 6.04 Å². The van der Waals surface area contributed by atoms with Crippen molar-refractivity contribution in [2.75, 3.05) is 19.6 Å². The van der Waals surface area contributed by atoms with E-state index in [9.17, 15) is 4.79 Å². The van der Waals surface area contributed by atoms with Crippen LogP contribution in [0.2, 0.25) is 0 Å². The fourth-order valence-corrected chi connectivity index (χ4v) is 3.62. The molecule has 1 saturated heterocycles. The smallest absolute Gasteiger partial charge is 0.263 e. The molecule has 1 aliphatic rings. The Hall–Kier alpha value is -0.940. The number of hydrogen-bond acceptors (Lipinski definition) is 4. The first-order valence-corrected chi connectivity index (χ1v) is 8.42. The highest BCUT2D eigenvalue weighted by atomic mass is 32.1. The number of aryl methyl sites for hydroxylation is 2. The minimum absolute atomic E-state index is 0.0318. The molecule has 2 heterocycles. The molecule has 2 rings (SSSR count). The molecule has 1 amide bonds. The third-order valence-electron chi connectivity index (χ3n) is 3.97. The van der Waals surface area contributed by atoms with Gasteiger partial charge in [0.15, 0.2) is 0 Å². The van der Waals surface area contributed by atoms with Crippen molar-refractivity contribution in [3.8, 4) is 0 Å². The summed E-state index contributed by atoms with van der Waals surface area (Å²) in [6.45, 7) is 9.10. The molecule has 1 aromatic rings. The lowest BCUT2D eigenvalue weighted by molar-refractivity contribution is 0.0941. The second kappa shape index (κ2) is 7.18. The van der Waals surface area contributed by atoms with Crippen molar-refractivity contribution in [1.82, 2.24) is 15.2 Å². The number of nitrogens with zero attached hydrogens (tertiary/aromatic N) is 2. The number of carbonyl (C=O) groups excluding carboxylic acids is 1. The van der Waals surface area contributed by atoms with Crippen molar-refractivity contribution < 1.29 is 4.79 Å². The molecular formula is C15H25N3OS. The zero-order valence-electron chi connectivity index (χ0n) is 12.7. The summed E-state index contributed by atoms with van der Waals surface area (Å²) in [7, 11) is 0. The fraction of sp³-hybridized carbons (Fsp3) is 0.733. The second-order valence-electron chi connectivity index (χ2n) is 5.51. The van der Waals surface area contributed by atoms with Gasteiger partial charge in [0, 0.05) is 19.1 Å². The maximum absolute atomic E-state index is 12.2. The predicted octanol–water partition coefficient (Wildman–Crippen LogP) is 2.62. The van der Waals surface area contributed by atoms with E-state index in [1.807, 2.05) is 6.92 Å². The van der Waals surface area contributed by atoms with Crippen LogP contribution in [0.3, 0.4) is 0 Å². The van der Waals surface area contributed by atoms with Gasteiger partial charge in [0.2, 0.25) is 0 Å². The average Bonchev–Trinajstić information content (AvgIpc) is 2.82. The maximum atomic E-state index is 12.2. The van der Waals surface area contributed by atoms with Gasteiger partial charge in [-0.05, 0) is 39.7 Å². The zero-order valence-corrected chi connectivity index (χ0v) is 13.6. The molecule has 0 saturated carbocycles. The molecule has 112 valence electrons. The molecule has 0 radical (unpaired) electrons. The quantitative estimate of drug-likeness (QED) is 0.908.